The van der Waals surface area contributed by atoms with Crippen LogP contribution in [0.1, 0.15) is 31.3 Å². The number of nitrogens with zero attached hydrogens (tertiary/aromatic N) is 2. The zero-order valence-corrected chi connectivity index (χ0v) is 11.7. The van der Waals surface area contributed by atoms with E-state index in [2.05, 4.69) is 24.1 Å². The van der Waals surface area contributed by atoms with Gasteiger partial charge >= 0.3 is 6.09 Å². The highest BCUT2D eigenvalue weighted by molar-refractivity contribution is 5.67. The lowest BCUT2D eigenvalue weighted by Crippen LogP contribution is -2.25. The van der Waals surface area contributed by atoms with Crippen LogP contribution in [0.3, 0.4) is 0 Å². The van der Waals surface area contributed by atoms with E-state index < -0.39 is 6.09 Å². The van der Waals surface area contributed by atoms with E-state index in [0.717, 1.165) is 11.4 Å². The molecule has 1 heterocycles. The predicted octanol–water partition coefficient (Wildman–Crippen LogP) is 2.89. The third-order valence-corrected chi connectivity index (χ3v) is 2.91. The van der Waals surface area contributed by atoms with Crippen LogP contribution in [0.25, 0.3) is 0 Å². The Morgan fingerprint density at radius 2 is 2.10 bits per heavy atom. The molecule has 0 unspecified atom stereocenters. The summed E-state index contributed by atoms with van der Waals surface area (Å²) in [5.41, 5.74) is 0.964. The molecule has 0 radical (unpaired) electrons. The van der Waals surface area contributed by atoms with E-state index in [1.54, 1.807) is 6.20 Å². The zero-order chi connectivity index (χ0) is 14.4. The Hall–Kier alpha value is -2.30. The van der Waals surface area contributed by atoms with Gasteiger partial charge in [0.1, 0.15) is 12.4 Å². The fourth-order valence-corrected chi connectivity index (χ4v) is 1.88. The molecular weight excluding hydrogens is 254 g/mol. The number of alkyl carbamates (subject to hydrolysis) is 1. The second-order valence-corrected chi connectivity index (χ2v) is 4.76. The number of ether oxygens (including phenoxy) is 1. The highest BCUT2D eigenvalue weighted by Crippen LogP contribution is 2.07. The number of carbonyl (C=O) groups is 1. The van der Waals surface area contributed by atoms with Crippen LogP contribution in [0, 0.1) is 0 Å². The number of hydrogen-bond donors (Lipinski definition) is 1. The minimum Gasteiger partial charge on any atom is -0.445 e. The summed E-state index contributed by atoms with van der Waals surface area (Å²) >= 11 is 0. The van der Waals surface area contributed by atoms with Gasteiger partial charge in [0.15, 0.2) is 0 Å². The van der Waals surface area contributed by atoms with Crippen molar-refractivity contribution < 1.29 is 9.53 Å². The Labute approximate surface area is 118 Å². The molecule has 2 aromatic rings. The lowest BCUT2D eigenvalue weighted by molar-refractivity contribution is 0.138. The Morgan fingerprint density at radius 1 is 1.35 bits per heavy atom. The molecule has 5 heteroatoms. The first-order valence-electron chi connectivity index (χ1n) is 6.63. The molecule has 1 aromatic heterocycles. The van der Waals surface area contributed by atoms with Crippen molar-refractivity contribution >= 4 is 6.09 Å². The molecule has 20 heavy (non-hydrogen) atoms. The van der Waals surface area contributed by atoms with Gasteiger partial charge in [-0.3, -0.25) is 0 Å². The fourth-order valence-electron chi connectivity index (χ4n) is 1.88. The Kier molecular flexibility index (Phi) is 4.76. The van der Waals surface area contributed by atoms with E-state index in [9.17, 15) is 4.79 Å². The van der Waals surface area contributed by atoms with Crippen molar-refractivity contribution in [1.29, 1.82) is 0 Å². The molecule has 0 bridgehead atoms. The summed E-state index contributed by atoms with van der Waals surface area (Å²) in [7, 11) is 0. The van der Waals surface area contributed by atoms with Gasteiger partial charge in [0, 0.05) is 18.4 Å². The second kappa shape index (κ2) is 6.75. The Morgan fingerprint density at radius 3 is 2.80 bits per heavy atom. The number of rotatable bonds is 5. The molecule has 5 nitrogen and oxygen atoms in total. The fraction of sp³-hybridized carbons (Fsp3) is 0.333. The summed E-state index contributed by atoms with van der Waals surface area (Å²) in [6.45, 7) is 4.77. The number of benzene rings is 1. The largest absolute Gasteiger partial charge is 0.445 e. The van der Waals surface area contributed by atoms with Gasteiger partial charge in [-0.05, 0) is 19.4 Å². The summed E-state index contributed by atoms with van der Waals surface area (Å²) in [6, 6.07) is 9.90. The monoisotopic (exact) mass is 273 g/mol. The SMILES string of the molecule is CC(C)n1ccnc1CNC(=O)OCc1ccccc1. The number of carbonyl (C=O) groups excluding carboxylic acids is 1. The summed E-state index contributed by atoms with van der Waals surface area (Å²) in [5.74, 6) is 0.816. The summed E-state index contributed by atoms with van der Waals surface area (Å²) in [6.07, 6.45) is 3.19. The maximum absolute atomic E-state index is 11.6. The first kappa shape index (κ1) is 14.1. The average Bonchev–Trinajstić information content (AvgIpc) is 2.92. The molecule has 0 saturated carbocycles. The summed E-state index contributed by atoms with van der Waals surface area (Å²) in [4.78, 5) is 15.8. The van der Waals surface area contributed by atoms with E-state index in [4.69, 9.17) is 4.74 Å². The van der Waals surface area contributed by atoms with Gasteiger partial charge in [-0.15, -0.1) is 0 Å². The Balaban J connectivity index is 1.79. The van der Waals surface area contributed by atoms with Gasteiger partial charge in [0.2, 0.25) is 0 Å². The topological polar surface area (TPSA) is 56.2 Å². The maximum Gasteiger partial charge on any atom is 0.407 e. The number of nitrogens with one attached hydrogen (secondary N) is 1. The molecule has 0 fully saturated rings. The molecule has 1 N–H and O–H groups in total. The molecule has 1 amide bonds. The third-order valence-electron chi connectivity index (χ3n) is 2.91. The van der Waals surface area contributed by atoms with Crippen LogP contribution in [0.5, 0.6) is 0 Å². The lowest BCUT2D eigenvalue weighted by Gasteiger charge is -2.12. The summed E-state index contributed by atoms with van der Waals surface area (Å²) in [5, 5.41) is 2.71. The van der Waals surface area contributed by atoms with E-state index in [1.165, 1.54) is 0 Å². The standard InChI is InChI=1S/C15H19N3O2/c1-12(2)18-9-8-16-14(18)10-17-15(19)20-11-13-6-4-3-5-7-13/h3-9,12H,10-11H2,1-2H3,(H,17,19). The van der Waals surface area contributed by atoms with Gasteiger partial charge in [-0.2, -0.15) is 0 Å². The number of aromatic nitrogens is 2. The molecule has 2 rings (SSSR count). The van der Waals surface area contributed by atoms with Crippen LogP contribution in [-0.4, -0.2) is 15.6 Å². The highest BCUT2D eigenvalue weighted by atomic mass is 16.5. The Bertz CT molecular complexity index is 549. The molecule has 106 valence electrons. The first-order valence-corrected chi connectivity index (χ1v) is 6.63. The van der Waals surface area contributed by atoms with Crippen LogP contribution in [-0.2, 0) is 17.9 Å². The number of hydrogen-bond acceptors (Lipinski definition) is 3. The molecule has 0 atom stereocenters. The molecule has 0 saturated heterocycles. The average molecular weight is 273 g/mol. The van der Waals surface area contributed by atoms with Crippen LogP contribution in [0.15, 0.2) is 42.7 Å². The third kappa shape index (κ3) is 3.85. The molecule has 1 aromatic carbocycles. The van der Waals surface area contributed by atoms with E-state index in [-0.39, 0.29) is 6.61 Å². The van der Waals surface area contributed by atoms with Crippen molar-refractivity contribution in [2.45, 2.75) is 33.0 Å². The summed E-state index contributed by atoms with van der Waals surface area (Å²) < 4.78 is 7.15. The van der Waals surface area contributed by atoms with Crippen molar-refractivity contribution in [3.05, 3.63) is 54.1 Å². The van der Waals surface area contributed by atoms with Crippen LogP contribution < -0.4 is 5.32 Å². The smallest absolute Gasteiger partial charge is 0.407 e. The minimum atomic E-state index is -0.438. The second-order valence-electron chi connectivity index (χ2n) is 4.76. The van der Waals surface area contributed by atoms with Crippen molar-refractivity contribution in [3.63, 3.8) is 0 Å². The van der Waals surface area contributed by atoms with Gasteiger partial charge in [-0.1, -0.05) is 30.3 Å². The van der Waals surface area contributed by atoms with Crippen molar-refractivity contribution in [3.8, 4) is 0 Å². The molecule has 0 spiro atoms. The van der Waals surface area contributed by atoms with Crippen LogP contribution >= 0.6 is 0 Å². The molecular formula is C15H19N3O2. The highest BCUT2D eigenvalue weighted by Gasteiger charge is 2.08. The molecule has 0 aliphatic heterocycles. The maximum atomic E-state index is 11.6. The number of amides is 1. The van der Waals surface area contributed by atoms with Crippen LogP contribution in [0.2, 0.25) is 0 Å². The predicted molar refractivity (Wildman–Crippen MR) is 76.1 cm³/mol. The first-order chi connectivity index (χ1) is 9.66. The number of imidazole rings is 1. The van der Waals surface area contributed by atoms with Crippen molar-refractivity contribution in [2.75, 3.05) is 0 Å². The van der Waals surface area contributed by atoms with Gasteiger partial charge in [-0.25, -0.2) is 9.78 Å². The van der Waals surface area contributed by atoms with E-state index in [0.29, 0.717) is 12.6 Å². The minimum absolute atomic E-state index is 0.269. The molecule has 0 aliphatic carbocycles. The van der Waals surface area contributed by atoms with Crippen molar-refractivity contribution in [1.82, 2.24) is 14.9 Å². The van der Waals surface area contributed by atoms with Crippen molar-refractivity contribution in [2.24, 2.45) is 0 Å². The van der Waals surface area contributed by atoms with E-state index >= 15 is 0 Å². The van der Waals surface area contributed by atoms with Gasteiger partial charge in [0.05, 0.1) is 6.54 Å². The quantitative estimate of drug-likeness (QED) is 0.911. The van der Waals surface area contributed by atoms with Crippen LogP contribution in [0.4, 0.5) is 4.79 Å². The van der Waals surface area contributed by atoms with E-state index in [1.807, 2.05) is 41.1 Å². The van der Waals surface area contributed by atoms with Gasteiger partial charge < -0.3 is 14.6 Å². The normalized spacial score (nSPS) is 10.6. The lowest BCUT2D eigenvalue weighted by atomic mass is 10.2. The molecule has 0 aliphatic rings. The zero-order valence-electron chi connectivity index (χ0n) is 11.7. The van der Waals surface area contributed by atoms with Gasteiger partial charge in [0.25, 0.3) is 0 Å².